The van der Waals surface area contributed by atoms with E-state index in [0.717, 1.165) is 57.3 Å². The van der Waals surface area contributed by atoms with Crippen LogP contribution in [0.15, 0.2) is 0 Å². The molecule has 418 valence electrons. The Balaban J connectivity index is -0.000000221. The molecule has 5 fully saturated rings. The molecule has 68 heavy (non-hydrogen) atoms. The lowest BCUT2D eigenvalue weighted by atomic mass is 9.72. The Bertz CT molecular complexity index is 1060. The predicted molar refractivity (Wildman–Crippen MR) is 266 cm³/mol. The highest BCUT2D eigenvalue weighted by atomic mass is 19.4. The monoisotopic (exact) mass is 1010 g/mol. The lowest BCUT2D eigenvalue weighted by Gasteiger charge is -2.33. The Morgan fingerprint density at radius 1 is 0.456 bits per heavy atom. The van der Waals surface area contributed by atoms with Crippen LogP contribution in [-0.4, -0.2) is 35.8 Å². The van der Waals surface area contributed by atoms with Crippen molar-refractivity contribution in [3.05, 3.63) is 0 Å². The molecule has 5 aliphatic rings. The van der Waals surface area contributed by atoms with Gasteiger partial charge in [-0.1, -0.05) is 200 Å². The zero-order valence-electron chi connectivity index (χ0n) is 46.8. The van der Waals surface area contributed by atoms with Crippen molar-refractivity contribution < 1.29 is 57.1 Å². The summed E-state index contributed by atoms with van der Waals surface area (Å²) in [6, 6.07) is 0. The lowest BCUT2D eigenvalue weighted by Crippen LogP contribution is -2.50. The van der Waals surface area contributed by atoms with E-state index in [1.807, 2.05) is 13.8 Å². The third-order valence-corrected chi connectivity index (χ3v) is 13.3. The van der Waals surface area contributed by atoms with Crippen LogP contribution in [0.5, 0.6) is 0 Å². The summed E-state index contributed by atoms with van der Waals surface area (Å²) in [7, 11) is 0. The maximum absolute atomic E-state index is 11.9. The summed E-state index contributed by atoms with van der Waals surface area (Å²) in [4.78, 5) is 0. The molecule has 0 saturated heterocycles. The van der Waals surface area contributed by atoms with Gasteiger partial charge in [-0.25, -0.2) is 17.6 Å². The Morgan fingerprint density at radius 3 is 0.824 bits per heavy atom. The van der Waals surface area contributed by atoms with Crippen LogP contribution in [0.2, 0.25) is 0 Å². The van der Waals surface area contributed by atoms with E-state index in [-0.39, 0.29) is 6.42 Å². The maximum atomic E-state index is 11.9. The van der Waals surface area contributed by atoms with Crippen LogP contribution >= 0.6 is 0 Å². The van der Waals surface area contributed by atoms with E-state index in [0.29, 0.717) is 10.8 Å². The summed E-state index contributed by atoms with van der Waals surface area (Å²) in [5.74, 6) is 0.572. The first-order valence-corrected chi connectivity index (χ1v) is 26.7. The molecule has 0 aromatic carbocycles. The van der Waals surface area contributed by atoms with Crippen LogP contribution in [0.25, 0.3) is 0 Å². The number of rotatable bonds is 4. The summed E-state index contributed by atoms with van der Waals surface area (Å²) in [5, 5.41) is 0. The van der Waals surface area contributed by atoms with E-state index in [1.54, 1.807) is 6.92 Å². The summed E-state index contributed by atoms with van der Waals surface area (Å²) < 4.78 is 147. The molecule has 5 aliphatic carbocycles. The molecule has 13 heteroatoms. The molecule has 0 unspecified atom stereocenters. The molecule has 0 N–H and O–H groups in total. The maximum Gasteiger partial charge on any atom is 0.431 e. The van der Waals surface area contributed by atoms with E-state index in [9.17, 15) is 57.1 Å². The van der Waals surface area contributed by atoms with Crippen molar-refractivity contribution in [1.82, 2.24) is 0 Å². The van der Waals surface area contributed by atoms with Crippen LogP contribution in [0.3, 0.4) is 0 Å². The van der Waals surface area contributed by atoms with E-state index in [2.05, 4.69) is 69.2 Å². The van der Waals surface area contributed by atoms with Gasteiger partial charge < -0.3 is 0 Å². The highest BCUT2D eigenvalue weighted by Gasteiger charge is 2.69. The minimum atomic E-state index is -5.91. The van der Waals surface area contributed by atoms with Crippen LogP contribution in [0.4, 0.5) is 57.1 Å². The Morgan fingerprint density at radius 2 is 0.676 bits per heavy atom. The van der Waals surface area contributed by atoms with Crippen molar-refractivity contribution in [2.24, 2.45) is 40.4 Å². The van der Waals surface area contributed by atoms with E-state index < -0.39 is 48.6 Å². The van der Waals surface area contributed by atoms with Gasteiger partial charge in [0.2, 0.25) is 5.92 Å². The van der Waals surface area contributed by atoms with Gasteiger partial charge in [-0.15, -0.1) is 0 Å². The molecule has 0 aliphatic heterocycles. The molecule has 0 spiro atoms. The second-order valence-corrected chi connectivity index (χ2v) is 22.1. The SMILES string of the molecule is CC.CC(C)C(F)(F)F.CC(F)(C(F)(F)F)C(F)(F)F.CC1(F)CC1.CC1CCC(C)(C)CC1.CCC.CCC(C)(F)F.CCC1CCC(C)(C)CC1.CCC1CCCC1.CCC1CCCCC1. The van der Waals surface area contributed by atoms with Gasteiger partial charge in [0.05, 0.1) is 0 Å². The van der Waals surface area contributed by atoms with Crippen molar-refractivity contribution >= 4 is 0 Å². The van der Waals surface area contributed by atoms with Gasteiger partial charge in [0.15, 0.2) is 0 Å². The Kier molecular flexibility index (Phi) is 42.2. The van der Waals surface area contributed by atoms with Gasteiger partial charge in [0.25, 0.3) is 5.67 Å². The van der Waals surface area contributed by atoms with Gasteiger partial charge >= 0.3 is 18.5 Å². The van der Waals surface area contributed by atoms with Crippen LogP contribution in [0.1, 0.15) is 279 Å². The zero-order valence-corrected chi connectivity index (χ0v) is 46.8. The van der Waals surface area contributed by atoms with E-state index in [1.165, 1.54) is 142 Å². The Hall–Kier alpha value is -0.910. The minimum absolute atomic E-state index is 0.0625. The quantitative estimate of drug-likeness (QED) is 0.246. The fourth-order valence-corrected chi connectivity index (χ4v) is 6.76. The molecule has 0 nitrogen and oxygen atoms in total. The van der Waals surface area contributed by atoms with E-state index in [4.69, 9.17) is 0 Å². The molecule has 0 heterocycles. The molecular weight excluding hydrogens is 908 g/mol. The molecule has 0 bridgehead atoms. The highest BCUT2D eigenvalue weighted by Crippen LogP contribution is 2.45. The molecule has 0 amide bonds. The smallest absolute Gasteiger partial charge is 0.244 e. The third kappa shape index (κ3) is 46.2. The summed E-state index contributed by atoms with van der Waals surface area (Å²) in [6.07, 6.45) is 16.3. The standard InChI is InChI=1S/C10H20.C9H18.C8H16.C7H14.C4H3F7.C4H7F3.C4H8F2.C4H7F.C3H8.C2H6/c1-4-9-5-7-10(2,3)8-6-9;1-8-4-6-9(2,3)7-5-8;1-2-8-6-4-3-5-7-8;1-2-7-5-3-4-6-7;1-2(5,3(6,7)8)4(9,10)11;1-3(2)4(5,6)7;1-3-4(2,5)6;1-4(5)2-3-4;1-3-2;1-2/h9H,4-8H2,1-3H3;8H,4-7H2,1-3H3;8H,2-7H2,1H3;7H,2-6H2,1H3;1H3;3H,1-2H3;3H2,1-2H3;2-3H2,1H3;3H2,1-2H3;1-2H3. The average Bonchev–Trinajstić information content (AvgIpc) is 3.67. The number of alkyl halides is 13. The Labute approximate surface area is 411 Å². The van der Waals surface area contributed by atoms with Gasteiger partial charge in [0, 0.05) is 12.3 Å². The van der Waals surface area contributed by atoms with Crippen molar-refractivity contribution in [2.75, 3.05) is 0 Å². The number of halogens is 13. The van der Waals surface area contributed by atoms with Gasteiger partial charge in [-0.3, -0.25) is 0 Å². The molecule has 5 rings (SSSR count). The van der Waals surface area contributed by atoms with Crippen molar-refractivity contribution in [2.45, 2.75) is 315 Å². The first-order chi connectivity index (χ1) is 30.7. The van der Waals surface area contributed by atoms with E-state index >= 15 is 0 Å². The van der Waals surface area contributed by atoms with Crippen molar-refractivity contribution in [3.8, 4) is 0 Å². The summed E-state index contributed by atoms with van der Waals surface area (Å²) in [5.41, 5.74) is -4.56. The largest absolute Gasteiger partial charge is 0.431 e. The van der Waals surface area contributed by atoms with Crippen LogP contribution in [-0.2, 0) is 0 Å². The van der Waals surface area contributed by atoms with Crippen molar-refractivity contribution in [1.29, 1.82) is 0 Å². The average molecular weight is 1020 g/mol. The minimum Gasteiger partial charge on any atom is -0.244 e. The first-order valence-electron chi connectivity index (χ1n) is 26.7. The normalized spacial score (nSPS) is 20.3. The fourth-order valence-electron chi connectivity index (χ4n) is 6.76. The molecule has 5 saturated carbocycles. The number of hydrogen-bond donors (Lipinski definition) is 0. The summed E-state index contributed by atoms with van der Waals surface area (Å²) in [6.45, 7) is 32.8. The lowest BCUT2D eigenvalue weighted by molar-refractivity contribution is -0.334. The van der Waals surface area contributed by atoms with Crippen molar-refractivity contribution in [3.63, 3.8) is 0 Å². The molecular formula is C55H107F13. The molecule has 0 radical (unpaired) electrons. The molecule has 0 aromatic rings. The highest BCUT2D eigenvalue weighted by molar-refractivity contribution is 4.89. The van der Waals surface area contributed by atoms with Crippen LogP contribution < -0.4 is 0 Å². The first kappa shape index (κ1) is 76.0. The fraction of sp³-hybridized carbons (Fsp3) is 1.00. The second kappa shape index (κ2) is 37.8. The second-order valence-electron chi connectivity index (χ2n) is 22.1. The van der Waals surface area contributed by atoms with Gasteiger partial charge in [-0.2, -0.15) is 39.5 Å². The molecule has 0 aromatic heterocycles. The zero-order chi connectivity index (χ0) is 54.9. The molecule has 0 atom stereocenters. The van der Waals surface area contributed by atoms with Crippen LogP contribution in [0, 0.1) is 40.4 Å². The predicted octanol–water partition coefficient (Wildman–Crippen LogP) is 23.4. The van der Waals surface area contributed by atoms with Gasteiger partial charge in [0.1, 0.15) is 5.67 Å². The van der Waals surface area contributed by atoms with Gasteiger partial charge in [-0.05, 0) is 107 Å². The number of hydrogen-bond acceptors (Lipinski definition) is 0. The third-order valence-electron chi connectivity index (χ3n) is 13.3. The summed E-state index contributed by atoms with van der Waals surface area (Å²) >= 11 is 0. The topological polar surface area (TPSA) is 0 Å².